The van der Waals surface area contributed by atoms with Crippen LogP contribution in [0.4, 0.5) is 0 Å². The topological polar surface area (TPSA) is 103 Å². The van der Waals surface area contributed by atoms with E-state index in [0.29, 0.717) is 41.9 Å². The van der Waals surface area contributed by atoms with Crippen LogP contribution in [0.5, 0.6) is 11.5 Å². The molecule has 0 bridgehead atoms. The second kappa shape index (κ2) is 7.31. The zero-order valence-corrected chi connectivity index (χ0v) is 17.2. The standard InChI is InChI=1S/C21H17N5O4S/c27-21(13-3-5-15-16(8-13)25-31-24-15)26-7-1-2-14(10-26)20-23-22-19(30-20)12-4-6-17-18(9-12)29-11-28-17/h3-6,8-9,14H,1-2,7,10-11H2. The van der Waals surface area contributed by atoms with Crippen LogP contribution in [0.25, 0.3) is 22.5 Å². The van der Waals surface area contributed by atoms with Crippen LogP contribution in [0.1, 0.15) is 35.0 Å². The van der Waals surface area contributed by atoms with E-state index in [0.717, 1.165) is 41.2 Å². The highest BCUT2D eigenvalue weighted by Gasteiger charge is 2.29. The van der Waals surface area contributed by atoms with Crippen LogP contribution in [0.3, 0.4) is 0 Å². The third-order valence-electron chi connectivity index (χ3n) is 5.62. The minimum atomic E-state index is -0.0184. The van der Waals surface area contributed by atoms with Crippen molar-refractivity contribution >= 4 is 28.7 Å². The molecule has 1 fully saturated rings. The number of carbonyl (C=O) groups is 1. The second-order valence-corrected chi connectivity index (χ2v) is 8.10. The van der Waals surface area contributed by atoms with Crippen molar-refractivity contribution in [3.05, 3.63) is 47.9 Å². The fourth-order valence-electron chi connectivity index (χ4n) is 4.01. The maximum Gasteiger partial charge on any atom is 0.253 e. The van der Waals surface area contributed by atoms with E-state index in [1.165, 1.54) is 0 Å². The summed E-state index contributed by atoms with van der Waals surface area (Å²) in [6.45, 7) is 1.45. The number of carbonyl (C=O) groups excluding carboxylic acids is 1. The second-order valence-electron chi connectivity index (χ2n) is 7.57. The Hall–Kier alpha value is -3.53. The molecule has 1 saturated heterocycles. The summed E-state index contributed by atoms with van der Waals surface area (Å²) in [4.78, 5) is 14.9. The first-order valence-corrected chi connectivity index (χ1v) is 10.7. The lowest BCUT2D eigenvalue weighted by Crippen LogP contribution is -2.39. The van der Waals surface area contributed by atoms with Crippen molar-refractivity contribution < 1.29 is 18.7 Å². The zero-order valence-electron chi connectivity index (χ0n) is 16.4. The van der Waals surface area contributed by atoms with Gasteiger partial charge < -0.3 is 18.8 Å². The van der Waals surface area contributed by atoms with E-state index in [2.05, 4.69) is 18.9 Å². The third-order valence-corrected chi connectivity index (χ3v) is 6.18. The minimum absolute atomic E-state index is 0.00219. The molecule has 31 heavy (non-hydrogen) atoms. The molecule has 0 N–H and O–H groups in total. The average molecular weight is 435 g/mol. The summed E-state index contributed by atoms with van der Waals surface area (Å²) in [7, 11) is 0. The van der Waals surface area contributed by atoms with Gasteiger partial charge >= 0.3 is 0 Å². The van der Waals surface area contributed by atoms with Crippen molar-refractivity contribution in [1.29, 1.82) is 0 Å². The van der Waals surface area contributed by atoms with Gasteiger partial charge in [0.25, 0.3) is 5.91 Å². The van der Waals surface area contributed by atoms with Crippen LogP contribution in [0, 0.1) is 0 Å². The number of hydrogen-bond donors (Lipinski definition) is 0. The van der Waals surface area contributed by atoms with Crippen LogP contribution in [0.2, 0.25) is 0 Å². The molecule has 0 spiro atoms. The predicted molar refractivity (Wildman–Crippen MR) is 111 cm³/mol. The molecule has 2 aliphatic heterocycles. The fraction of sp³-hybridized carbons (Fsp3) is 0.286. The molecule has 10 heteroatoms. The van der Waals surface area contributed by atoms with Gasteiger partial charge in [-0.3, -0.25) is 4.79 Å². The van der Waals surface area contributed by atoms with Gasteiger partial charge in [0.1, 0.15) is 11.0 Å². The number of rotatable bonds is 3. The molecular weight excluding hydrogens is 418 g/mol. The van der Waals surface area contributed by atoms with Gasteiger partial charge in [-0.25, -0.2) is 0 Å². The van der Waals surface area contributed by atoms with Crippen molar-refractivity contribution in [2.45, 2.75) is 18.8 Å². The molecule has 0 saturated carbocycles. The van der Waals surface area contributed by atoms with Crippen LogP contribution in [0.15, 0.2) is 40.8 Å². The Bertz CT molecular complexity index is 1290. The zero-order chi connectivity index (χ0) is 20.8. The monoisotopic (exact) mass is 435 g/mol. The Morgan fingerprint density at radius 2 is 1.94 bits per heavy atom. The molecule has 9 nitrogen and oxygen atoms in total. The van der Waals surface area contributed by atoms with E-state index >= 15 is 0 Å². The molecule has 0 aliphatic carbocycles. The number of nitrogens with zero attached hydrogens (tertiary/aromatic N) is 5. The minimum Gasteiger partial charge on any atom is -0.454 e. The smallest absolute Gasteiger partial charge is 0.253 e. The normalized spacial score (nSPS) is 17.9. The summed E-state index contributed by atoms with van der Waals surface area (Å²) in [5.41, 5.74) is 2.94. The van der Waals surface area contributed by atoms with Crippen molar-refractivity contribution in [2.75, 3.05) is 19.9 Å². The van der Waals surface area contributed by atoms with Gasteiger partial charge in [-0.2, -0.15) is 8.75 Å². The lowest BCUT2D eigenvalue weighted by Gasteiger charge is -2.31. The summed E-state index contributed by atoms with van der Waals surface area (Å²) in [6, 6.07) is 11.0. The largest absolute Gasteiger partial charge is 0.454 e. The molecule has 1 atom stereocenters. The van der Waals surface area contributed by atoms with E-state index in [1.54, 1.807) is 12.1 Å². The van der Waals surface area contributed by atoms with Crippen molar-refractivity contribution in [3.8, 4) is 23.0 Å². The Kier molecular flexibility index (Phi) is 4.30. The molecule has 2 aromatic carbocycles. The van der Waals surface area contributed by atoms with Gasteiger partial charge in [-0.1, -0.05) is 0 Å². The molecule has 4 heterocycles. The molecule has 0 radical (unpaired) electrons. The highest BCUT2D eigenvalue weighted by Crippen LogP contribution is 2.36. The van der Waals surface area contributed by atoms with Crippen molar-refractivity contribution in [3.63, 3.8) is 0 Å². The maximum absolute atomic E-state index is 13.1. The lowest BCUT2D eigenvalue weighted by atomic mass is 9.97. The summed E-state index contributed by atoms with van der Waals surface area (Å²) in [5.74, 6) is 2.32. The van der Waals surface area contributed by atoms with Crippen molar-refractivity contribution in [2.24, 2.45) is 0 Å². The highest BCUT2D eigenvalue weighted by molar-refractivity contribution is 7.00. The van der Waals surface area contributed by atoms with Gasteiger partial charge in [0.2, 0.25) is 18.6 Å². The fourth-order valence-corrected chi connectivity index (χ4v) is 4.52. The molecule has 4 aromatic rings. The molecule has 1 amide bonds. The number of ether oxygens (including phenoxy) is 2. The molecule has 6 rings (SSSR count). The Labute approximate surface area is 180 Å². The van der Waals surface area contributed by atoms with E-state index < -0.39 is 0 Å². The van der Waals surface area contributed by atoms with Crippen LogP contribution in [-0.4, -0.2) is 49.6 Å². The summed E-state index contributed by atoms with van der Waals surface area (Å²) in [5, 5.41) is 8.48. The number of fused-ring (bicyclic) bond motifs is 2. The summed E-state index contributed by atoms with van der Waals surface area (Å²) < 4.78 is 25.2. The van der Waals surface area contributed by atoms with Gasteiger partial charge in [-0.05, 0) is 49.2 Å². The van der Waals surface area contributed by atoms with Crippen molar-refractivity contribution in [1.82, 2.24) is 23.8 Å². The van der Waals surface area contributed by atoms with Gasteiger partial charge in [0, 0.05) is 24.2 Å². The number of piperidine rings is 1. The van der Waals surface area contributed by atoms with E-state index in [9.17, 15) is 4.79 Å². The first-order valence-electron chi connectivity index (χ1n) is 9.99. The van der Waals surface area contributed by atoms with E-state index in [4.69, 9.17) is 13.9 Å². The molecular formula is C21H17N5O4S. The highest BCUT2D eigenvalue weighted by atomic mass is 32.1. The van der Waals surface area contributed by atoms with Gasteiger partial charge in [0.05, 0.1) is 17.6 Å². The molecule has 156 valence electrons. The number of aromatic nitrogens is 4. The first-order chi connectivity index (χ1) is 15.2. The summed E-state index contributed by atoms with van der Waals surface area (Å²) >= 11 is 1.15. The van der Waals surface area contributed by atoms with Crippen LogP contribution < -0.4 is 9.47 Å². The van der Waals surface area contributed by atoms with Gasteiger partial charge in [0.15, 0.2) is 11.5 Å². The molecule has 1 unspecified atom stereocenters. The van der Waals surface area contributed by atoms with Crippen LogP contribution >= 0.6 is 11.7 Å². The number of amides is 1. The molecule has 2 aromatic heterocycles. The number of benzene rings is 2. The first kappa shape index (κ1) is 18.3. The quantitative estimate of drug-likeness (QED) is 0.482. The van der Waals surface area contributed by atoms with Crippen LogP contribution in [-0.2, 0) is 0 Å². The van der Waals surface area contributed by atoms with E-state index in [-0.39, 0.29) is 18.6 Å². The number of hydrogen-bond acceptors (Lipinski definition) is 9. The average Bonchev–Trinajstić information content (AvgIpc) is 3.58. The Morgan fingerprint density at radius 3 is 2.90 bits per heavy atom. The number of likely N-dealkylation sites (tertiary alicyclic amines) is 1. The predicted octanol–water partition coefficient (Wildman–Crippen LogP) is 3.49. The maximum atomic E-state index is 13.1. The van der Waals surface area contributed by atoms with E-state index in [1.807, 2.05) is 29.2 Å². The third kappa shape index (κ3) is 3.28. The Morgan fingerprint density at radius 1 is 1.03 bits per heavy atom. The SMILES string of the molecule is O=C(c1ccc2nsnc2c1)N1CCCC(c2nnc(-c3ccc4c(c3)OCO4)o2)C1. The lowest BCUT2D eigenvalue weighted by molar-refractivity contribution is 0.0698. The molecule has 2 aliphatic rings. The van der Waals surface area contributed by atoms with Gasteiger partial charge in [-0.15, -0.1) is 10.2 Å². The Balaban J connectivity index is 1.21. The summed E-state index contributed by atoms with van der Waals surface area (Å²) in [6.07, 6.45) is 1.76.